The number of rotatable bonds is 6. The first-order valence-electron chi connectivity index (χ1n) is 8.59. The van der Waals surface area contributed by atoms with Crippen molar-refractivity contribution in [3.05, 3.63) is 64.7 Å². The van der Waals surface area contributed by atoms with Crippen LogP contribution in [-0.2, 0) is 5.41 Å². The molecule has 0 bridgehead atoms. The van der Waals surface area contributed by atoms with Crippen molar-refractivity contribution in [1.82, 2.24) is 4.90 Å². The maximum atomic E-state index is 12.3. The number of benzene rings is 2. The van der Waals surface area contributed by atoms with Crippen LogP contribution < -0.4 is 4.74 Å². The molecule has 0 heterocycles. The Morgan fingerprint density at radius 3 is 2.23 bits per heavy atom. The first kappa shape index (κ1) is 20.3. The fourth-order valence-electron chi connectivity index (χ4n) is 2.51. The highest BCUT2D eigenvalue weighted by atomic mass is 35.5. The molecule has 1 unspecified atom stereocenters. The highest BCUT2D eigenvalue weighted by Crippen LogP contribution is 2.24. The Balaban J connectivity index is 1.85. The molecule has 0 spiro atoms. The standard InChI is InChI=1S/C21H26ClNO3/c1-21(2,3)16-7-11-19(12-8-16)26-14-18(24)13-23(4)20(25)15-5-9-17(22)10-6-15/h5-12,18,24H,13-14H2,1-4H3. The van der Waals surface area contributed by atoms with Crippen molar-refractivity contribution in [3.63, 3.8) is 0 Å². The first-order valence-corrected chi connectivity index (χ1v) is 8.97. The van der Waals surface area contributed by atoms with Crippen LogP contribution in [0.25, 0.3) is 0 Å². The zero-order valence-corrected chi connectivity index (χ0v) is 16.5. The van der Waals surface area contributed by atoms with Crippen molar-refractivity contribution in [2.24, 2.45) is 0 Å². The zero-order valence-electron chi connectivity index (χ0n) is 15.7. The SMILES string of the molecule is CN(CC(O)COc1ccc(C(C)(C)C)cc1)C(=O)c1ccc(Cl)cc1. The van der Waals surface area contributed by atoms with Crippen LogP contribution in [0.3, 0.4) is 0 Å². The van der Waals surface area contributed by atoms with Gasteiger partial charge in [-0.1, -0.05) is 44.5 Å². The van der Waals surface area contributed by atoms with Gasteiger partial charge < -0.3 is 14.7 Å². The molecular weight excluding hydrogens is 350 g/mol. The molecule has 0 radical (unpaired) electrons. The van der Waals surface area contributed by atoms with E-state index >= 15 is 0 Å². The smallest absolute Gasteiger partial charge is 0.253 e. The Morgan fingerprint density at radius 1 is 1.12 bits per heavy atom. The fourth-order valence-corrected chi connectivity index (χ4v) is 2.63. The number of aliphatic hydroxyl groups excluding tert-OH is 1. The number of aliphatic hydroxyl groups is 1. The number of ether oxygens (including phenoxy) is 1. The number of nitrogens with zero attached hydrogens (tertiary/aromatic N) is 1. The topological polar surface area (TPSA) is 49.8 Å². The second-order valence-corrected chi connectivity index (χ2v) is 7.87. The van der Waals surface area contributed by atoms with E-state index in [1.54, 1.807) is 31.3 Å². The van der Waals surface area contributed by atoms with Crippen molar-refractivity contribution in [2.45, 2.75) is 32.3 Å². The van der Waals surface area contributed by atoms with Crippen molar-refractivity contribution in [2.75, 3.05) is 20.2 Å². The largest absolute Gasteiger partial charge is 0.491 e. The summed E-state index contributed by atoms with van der Waals surface area (Å²) in [4.78, 5) is 13.8. The molecule has 1 amide bonds. The molecule has 0 fully saturated rings. The molecule has 0 saturated heterocycles. The molecule has 1 N–H and O–H groups in total. The average molecular weight is 376 g/mol. The van der Waals surface area contributed by atoms with Crippen LogP contribution in [0.2, 0.25) is 5.02 Å². The maximum Gasteiger partial charge on any atom is 0.253 e. The second kappa shape index (κ2) is 8.56. The Labute approximate surface area is 160 Å². The van der Waals surface area contributed by atoms with Crippen molar-refractivity contribution >= 4 is 17.5 Å². The molecule has 2 rings (SSSR count). The number of hydrogen-bond acceptors (Lipinski definition) is 3. The van der Waals surface area contributed by atoms with E-state index in [1.165, 1.54) is 10.5 Å². The minimum Gasteiger partial charge on any atom is -0.491 e. The third kappa shape index (κ3) is 5.75. The van der Waals surface area contributed by atoms with Crippen LogP contribution >= 0.6 is 11.6 Å². The summed E-state index contributed by atoms with van der Waals surface area (Å²) in [5.41, 5.74) is 1.84. The molecule has 5 heteroatoms. The van der Waals surface area contributed by atoms with Gasteiger partial charge in [-0.3, -0.25) is 4.79 Å². The summed E-state index contributed by atoms with van der Waals surface area (Å²) < 4.78 is 5.63. The van der Waals surface area contributed by atoms with Gasteiger partial charge >= 0.3 is 0 Å². The Bertz CT molecular complexity index is 720. The van der Waals surface area contributed by atoms with Crippen LogP contribution in [0.15, 0.2) is 48.5 Å². The van der Waals surface area contributed by atoms with Gasteiger partial charge in [-0.25, -0.2) is 0 Å². The van der Waals surface area contributed by atoms with Gasteiger partial charge in [0.15, 0.2) is 0 Å². The first-order chi connectivity index (χ1) is 12.2. The van der Waals surface area contributed by atoms with Crippen LogP contribution in [0, 0.1) is 0 Å². The number of hydrogen-bond donors (Lipinski definition) is 1. The molecule has 0 aliphatic carbocycles. The van der Waals surface area contributed by atoms with E-state index in [0.29, 0.717) is 16.3 Å². The maximum absolute atomic E-state index is 12.3. The summed E-state index contributed by atoms with van der Waals surface area (Å²) in [5, 5.41) is 10.7. The molecule has 0 aliphatic heterocycles. The monoisotopic (exact) mass is 375 g/mol. The van der Waals surface area contributed by atoms with Gasteiger partial charge in [0, 0.05) is 24.2 Å². The molecule has 2 aromatic carbocycles. The lowest BCUT2D eigenvalue weighted by atomic mass is 9.87. The molecule has 4 nitrogen and oxygen atoms in total. The molecule has 1 atom stereocenters. The van der Waals surface area contributed by atoms with Crippen LogP contribution in [-0.4, -0.2) is 42.2 Å². The van der Waals surface area contributed by atoms with Gasteiger partial charge in [0.2, 0.25) is 0 Å². The lowest BCUT2D eigenvalue weighted by molar-refractivity contribution is 0.0563. The predicted molar refractivity (Wildman–Crippen MR) is 105 cm³/mol. The minimum absolute atomic E-state index is 0.0861. The third-order valence-electron chi connectivity index (χ3n) is 4.09. The van der Waals surface area contributed by atoms with E-state index in [2.05, 4.69) is 20.8 Å². The normalized spacial score (nSPS) is 12.5. The second-order valence-electron chi connectivity index (χ2n) is 7.43. The van der Waals surface area contributed by atoms with E-state index in [9.17, 15) is 9.90 Å². The van der Waals surface area contributed by atoms with Crippen molar-refractivity contribution < 1.29 is 14.6 Å². The minimum atomic E-state index is -0.779. The van der Waals surface area contributed by atoms with E-state index in [0.717, 1.165) is 0 Å². The molecule has 26 heavy (non-hydrogen) atoms. The van der Waals surface area contributed by atoms with Gasteiger partial charge in [-0.15, -0.1) is 0 Å². The van der Waals surface area contributed by atoms with E-state index in [-0.39, 0.29) is 24.5 Å². The molecule has 140 valence electrons. The van der Waals surface area contributed by atoms with E-state index in [1.807, 2.05) is 24.3 Å². The van der Waals surface area contributed by atoms with Gasteiger partial charge in [0.1, 0.15) is 18.5 Å². The summed E-state index contributed by atoms with van der Waals surface area (Å²) >= 11 is 5.83. The Kier molecular flexibility index (Phi) is 6.68. The highest BCUT2D eigenvalue weighted by molar-refractivity contribution is 6.30. The molecule has 0 aromatic heterocycles. The summed E-state index contributed by atoms with van der Waals surface area (Å²) in [5.74, 6) is 0.527. The predicted octanol–water partition coefficient (Wildman–Crippen LogP) is 4.15. The Hall–Kier alpha value is -2.04. The van der Waals surface area contributed by atoms with Crippen molar-refractivity contribution in [1.29, 1.82) is 0 Å². The third-order valence-corrected chi connectivity index (χ3v) is 4.34. The molecule has 0 aliphatic rings. The van der Waals surface area contributed by atoms with E-state index in [4.69, 9.17) is 16.3 Å². The quantitative estimate of drug-likeness (QED) is 0.825. The number of likely N-dealkylation sites (N-methyl/N-ethyl adjacent to an activating group) is 1. The number of amides is 1. The van der Waals surface area contributed by atoms with Gasteiger partial charge in [-0.2, -0.15) is 0 Å². The summed E-state index contributed by atoms with van der Waals surface area (Å²) in [7, 11) is 1.65. The lowest BCUT2D eigenvalue weighted by Crippen LogP contribution is -2.37. The van der Waals surface area contributed by atoms with Gasteiger partial charge in [0.05, 0.1) is 0 Å². The lowest BCUT2D eigenvalue weighted by Gasteiger charge is -2.22. The average Bonchev–Trinajstić information content (AvgIpc) is 2.59. The zero-order chi connectivity index (χ0) is 19.3. The molecular formula is C21H26ClNO3. The Morgan fingerprint density at radius 2 is 1.69 bits per heavy atom. The summed E-state index contributed by atoms with van der Waals surface area (Å²) in [6.45, 7) is 6.76. The number of carbonyl (C=O) groups excluding carboxylic acids is 1. The molecule has 2 aromatic rings. The van der Waals surface area contributed by atoms with Crippen LogP contribution in [0.1, 0.15) is 36.7 Å². The van der Waals surface area contributed by atoms with Crippen molar-refractivity contribution in [3.8, 4) is 5.75 Å². The number of carbonyl (C=O) groups is 1. The van der Waals surface area contributed by atoms with Gasteiger partial charge in [-0.05, 0) is 47.4 Å². The molecule has 0 saturated carbocycles. The van der Waals surface area contributed by atoms with Crippen LogP contribution in [0.5, 0.6) is 5.75 Å². The number of halogens is 1. The fraction of sp³-hybridized carbons (Fsp3) is 0.381. The van der Waals surface area contributed by atoms with Gasteiger partial charge in [0.25, 0.3) is 5.91 Å². The summed E-state index contributed by atoms with van der Waals surface area (Å²) in [6, 6.07) is 14.5. The van der Waals surface area contributed by atoms with E-state index < -0.39 is 6.10 Å². The highest BCUT2D eigenvalue weighted by Gasteiger charge is 2.17. The summed E-state index contributed by atoms with van der Waals surface area (Å²) in [6.07, 6.45) is -0.779. The van der Waals surface area contributed by atoms with Crippen LogP contribution in [0.4, 0.5) is 0 Å².